The van der Waals surface area contributed by atoms with Crippen LogP contribution in [0, 0.1) is 0 Å². The molecule has 1 rings (SSSR count). The predicted molar refractivity (Wildman–Crippen MR) is 132 cm³/mol. The quantitative estimate of drug-likeness (QED) is 0.330. The second-order valence-corrected chi connectivity index (χ2v) is 9.37. The van der Waals surface area contributed by atoms with Gasteiger partial charge in [-0.15, -0.1) is 0 Å². The number of hydrogen-bond acceptors (Lipinski definition) is 4. The molecule has 4 N–H and O–H groups in total. The Morgan fingerprint density at radius 2 is 0.676 bits per heavy atom. The molecule has 34 heavy (non-hydrogen) atoms. The maximum absolute atomic E-state index is 11.9. The number of rotatable bonds is 0. The van der Waals surface area contributed by atoms with E-state index in [-0.39, 0.29) is 23.6 Å². The van der Waals surface area contributed by atoms with Crippen molar-refractivity contribution < 1.29 is 28.1 Å². The van der Waals surface area contributed by atoms with Crippen molar-refractivity contribution in [3.8, 4) is 0 Å². The van der Waals surface area contributed by atoms with Crippen molar-refractivity contribution in [1.29, 1.82) is 0 Å². The molecule has 0 aromatic heterocycles. The van der Waals surface area contributed by atoms with Crippen LogP contribution in [0.5, 0.6) is 0 Å². The van der Waals surface area contributed by atoms with Gasteiger partial charge in [-0.2, -0.15) is 0 Å². The highest BCUT2D eigenvalue weighted by Gasteiger charge is 2.16. The summed E-state index contributed by atoms with van der Waals surface area (Å²) >= 11 is 0. The summed E-state index contributed by atoms with van der Waals surface area (Å²) in [4.78, 5) is 47.7. The van der Waals surface area contributed by atoms with Gasteiger partial charge in [0.1, 0.15) is 0 Å². The van der Waals surface area contributed by atoms with E-state index in [1.165, 1.54) is 48.6 Å². The van der Waals surface area contributed by atoms with Crippen molar-refractivity contribution in [2.75, 3.05) is 80.5 Å². The van der Waals surface area contributed by atoms with Crippen LogP contribution in [0.1, 0.15) is 0 Å². The lowest BCUT2D eigenvalue weighted by atomic mass is 10.3. The summed E-state index contributed by atoms with van der Waals surface area (Å²) in [5.74, 6) is -0.929. The zero-order valence-corrected chi connectivity index (χ0v) is 20.8. The van der Waals surface area contributed by atoms with Gasteiger partial charge in [0.2, 0.25) is 23.6 Å². The summed E-state index contributed by atoms with van der Waals surface area (Å²) in [6.45, 7) is 4.69. The van der Waals surface area contributed by atoms with Gasteiger partial charge in [0.15, 0.2) is 0 Å². The standard InChI is InChI=1S/C24H38N6O4/c1-29(2)17-13-25-21(31)9-5-7-11-23(33)27-15-19-30(3,4)20-16-28-24(34)12-8-6-10-22(32)26-14-18-29/h5-12H,13-20H2,1-4H3,(H2-2,25,26,27,28,31,32,33,34)/p+2/b9-5+,10-6+,11-7+,12-8+. The van der Waals surface area contributed by atoms with Crippen molar-refractivity contribution in [2.45, 2.75) is 0 Å². The van der Waals surface area contributed by atoms with E-state index in [2.05, 4.69) is 21.3 Å². The molecular formula is C24H40N6O4+2. The molecule has 0 aromatic rings. The Morgan fingerprint density at radius 3 is 0.882 bits per heavy atom. The van der Waals surface area contributed by atoms with Crippen LogP contribution in [0.4, 0.5) is 0 Å². The first kappa shape index (κ1) is 28.8. The number of carbonyl (C=O) groups is 4. The molecule has 188 valence electrons. The van der Waals surface area contributed by atoms with Gasteiger partial charge in [-0.25, -0.2) is 0 Å². The summed E-state index contributed by atoms with van der Waals surface area (Å²) in [5.41, 5.74) is 0. The zero-order valence-electron chi connectivity index (χ0n) is 20.8. The third-order valence-electron chi connectivity index (χ3n) is 5.28. The van der Waals surface area contributed by atoms with E-state index < -0.39 is 0 Å². The van der Waals surface area contributed by atoms with Gasteiger partial charge in [0.25, 0.3) is 0 Å². The molecule has 0 aliphatic carbocycles. The average molecular weight is 477 g/mol. The lowest BCUT2D eigenvalue weighted by Gasteiger charge is -2.29. The highest BCUT2D eigenvalue weighted by atomic mass is 16.2. The molecule has 0 atom stereocenters. The van der Waals surface area contributed by atoms with E-state index in [0.29, 0.717) is 61.3 Å². The molecule has 0 saturated carbocycles. The molecule has 1 aliphatic rings. The van der Waals surface area contributed by atoms with Crippen molar-refractivity contribution in [3.05, 3.63) is 48.6 Å². The van der Waals surface area contributed by atoms with Crippen LogP contribution >= 0.6 is 0 Å². The second kappa shape index (κ2) is 14.8. The van der Waals surface area contributed by atoms with Crippen molar-refractivity contribution in [1.82, 2.24) is 21.3 Å². The van der Waals surface area contributed by atoms with Gasteiger partial charge < -0.3 is 30.2 Å². The van der Waals surface area contributed by atoms with E-state index >= 15 is 0 Å². The van der Waals surface area contributed by atoms with Crippen LogP contribution in [-0.4, -0.2) is 113 Å². The fourth-order valence-electron chi connectivity index (χ4n) is 2.96. The largest absolute Gasteiger partial charge is 0.347 e. The van der Waals surface area contributed by atoms with Crippen LogP contribution in [0.2, 0.25) is 0 Å². The number of likely N-dealkylation sites (N-methyl/N-ethyl adjacent to an activating group) is 2. The first-order valence-corrected chi connectivity index (χ1v) is 11.4. The molecule has 0 aromatic carbocycles. The number of nitrogens with one attached hydrogen (secondary N) is 4. The van der Waals surface area contributed by atoms with Gasteiger partial charge in [0, 0.05) is 24.3 Å². The average Bonchev–Trinajstić information content (AvgIpc) is 2.73. The minimum atomic E-state index is -0.232. The van der Waals surface area contributed by atoms with E-state index in [1.807, 2.05) is 28.2 Å². The van der Waals surface area contributed by atoms with E-state index in [1.54, 1.807) is 0 Å². The minimum Gasteiger partial charge on any atom is -0.347 e. The third-order valence-corrected chi connectivity index (χ3v) is 5.28. The molecular weight excluding hydrogens is 436 g/mol. The monoisotopic (exact) mass is 476 g/mol. The molecule has 10 nitrogen and oxygen atoms in total. The Morgan fingerprint density at radius 1 is 0.471 bits per heavy atom. The number of hydrogen-bond donors (Lipinski definition) is 4. The fourth-order valence-corrected chi connectivity index (χ4v) is 2.96. The molecule has 1 heterocycles. The lowest BCUT2D eigenvalue weighted by molar-refractivity contribution is -0.887. The van der Waals surface area contributed by atoms with E-state index in [9.17, 15) is 19.2 Å². The molecule has 1 aliphatic heterocycles. The number of carbonyl (C=O) groups excluding carboxylic acids is 4. The number of nitrogens with zero attached hydrogens (tertiary/aromatic N) is 2. The summed E-state index contributed by atoms with van der Waals surface area (Å²) in [6.07, 6.45) is 11.6. The fraction of sp³-hybridized carbons (Fsp3) is 0.500. The van der Waals surface area contributed by atoms with Crippen LogP contribution in [0.15, 0.2) is 48.6 Å². The Balaban J connectivity index is 2.72. The number of allylic oxidation sites excluding steroid dienone is 4. The topological polar surface area (TPSA) is 116 Å². The van der Waals surface area contributed by atoms with Gasteiger partial charge in [-0.05, 0) is 0 Å². The molecule has 10 heteroatoms. The van der Waals surface area contributed by atoms with Crippen molar-refractivity contribution in [3.63, 3.8) is 0 Å². The minimum absolute atomic E-state index is 0.232. The van der Waals surface area contributed by atoms with E-state index in [0.717, 1.165) is 0 Å². The van der Waals surface area contributed by atoms with Crippen molar-refractivity contribution >= 4 is 23.6 Å². The Hall–Kier alpha value is -3.24. The smallest absolute Gasteiger partial charge is 0.244 e. The van der Waals surface area contributed by atoms with E-state index in [4.69, 9.17) is 0 Å². The Kier molecular flexibility index (Phi) is 12.5. The predicted octanol–water partition coefficient (Wildman–Crippen LogP) is -1.16. The highest BCUT2D eigenvalue weighted by molar-refractivity contribution is 5.90. The molecule has 0 saturated heterocycles. The number of amides is 4. The first-order valence-electron chi connectivity index (χ1n) is 11.4. The Bertz CT molecular complexity index is 695. The maximum atomic E-state index is 11.9. The number of quaternary nitrogens is 2. The van der Waals surface area contributed by atoms with Crippen LogP contribution in [0.25, 0.3) is 0 Å². The van der Waals surface area contributed by atoms with Gasteiger partial charge >= 0.3 is 0 Å². The van der Waals surface area contributed by atoms with Crippen molar-refractivity contribution in [2.24, 2.45) is 0 Å². The van der Waals surface area contributed by atoms with Gasteiger partial charge in [0.05, 0.1) is 80.5 Å². The summed E-state index contributed by atoms with van der Waals surface area (Å²) in [5, 5.41) is 11.3. The van der Waals surface area contributed by atoms with Gasteiger partial charge in [-0.1, -0.05) is 24.3 Å². The zero-order chi connectivity index (χ0) is 25.5. The lowest BCUT2D eigenvalue weighted by Crippen LogP contribution is -2.49. The molecule has 0 bridgehead atoms. The molecule has 0 spiro atoms. The van der Waals surface area contributed by atoms with Crippen LogP contribution in [-0.2, 0) is 19.2 Å². The highest BCUT2D eigenvalue weighted by Crippen LogP contribution is 1.95. The first-order chi connectivity index (χ1) is 16.0. The van der Waals surface area contributed by atoms with Crippen LogP contribution in [0.3, 0.4) is 0 Å². The molecule has 4 amide bonds. The summed E-state index contributed by atoms with van der Waals surface area (Å²) < 4.78 is 1.23. The van der Waals surface area contributed by atoms with Gasteiger partial charge in [-0.3, -0.25) is 19.2 Å². The molecule has 0 fully saturated rings. The second-order valence-electron chi connectivity index (χ2n) is 9.37. The maximum Gasteiger partial charge on any atom is 0.244 e. The normalized spacial score (nSPS) is 25.5. The summed E-state index contributed by atoms with van der Waals surface area (Å²) in [6, 6.07) is 0. The summed E-state index contributed by atoms with van der Waals surface area (Å²) in [7, 11) is 8.06. The SMILES string of the molecule is C[N+]1(C)CCNC(=O)/C=C/C=C/C(=O)NCC[N+](C)(C)CCNC(=O)/C=C/C=C/C(=O)NCC1. The van der Waals surface area contributed by atoms with Crippen LogP contribution < -0.4 is 21.3 Å². The molecule has 0 radical (unpaired) electrons. The Labute approximate surface area is 202 Å². The third kappa shape index (κ3) is 14.8. The molecule has 0 unspecified atom stereocenters.